The largest absolute Gasteiger partial charge is 0.457 e. The first kappa shape index (κ1) is 20.8. The molecule has 156 valence electrons. The molecule has 1 fully saturated rings. The fourth-order valence-electron chi connectivity index (χ4n) is 2.93. The van der Waals surface area contributed by atoms with Gasteiger partial charge in [0.05, 0.1) is 16.4 Å². The molecule has 3 aromatic rings. The Hall–Kier alpha value is -3.43. The second-order valence-corrected chi connectivity index (χ2v) is 7.92. The molecule has 31 heavy (non-hydrogen) atoms. The van der Waals surface area contributed by atoms with Crippen molar-refractivity contribution in [2.24, 2.45) is 0 Å². The van der Waals surface area contributed by atoms with Crippen LogP contribution in [0.4, 0.5) is 14.9 Å². The van der Waals surface area contributed by atoms with E-state index in [0.29, 0.717) is 22.6 Å². The number of benzene rings is 2. The number of amides is 2. The van der Waals surface area contributed by atoms with Gasteiger partial charge >= 0.3 is 0 Å². The summed E-state index contributed by atoms with van der Waals surface area (Å²) in [5.74, 6) is -0.242. The topological polar surface area (TPSA) is 93.7 Å². The number of carbonyl (C=O) groups is 2. The van der Waals surface area contributed by atoms with Gasteiger partial charge in [-0.2, -0.15) is 0 Å². The molecule has 2 amide bonds. The van der Waals surface area contributed by atoms with Crippen LogP contribution in [0, 0.1) is 15.9 Å². The van der Waals surface area contributed by atoms with Crippen LogP contribution in [-0.2, 0) is 11.3 Å². The van der Waals surface area contributed by atoms with Crippen molar-refractivity contribution in [2.45, 2.75) is 6.54 Å². The van der Waals surface area contributed by atoms with Gasteiger partial charge in [-0.15, -0.1) is 0 Å². The summed E-state index contributed by atoms with van der Waals surface area (Å²) in [5, 5.41) is 10.6. The molecular formula is C21H12ClFN2O5S. The second kappa shape index (κ2) is 8.37. The Kier molecular flexibility index (Phi) is 5.62. The van der Waals surface area contributed by atoms with Crippen LogP contribution in [0.3, 0.4) is 0 Å². The maximum Gasteiger partial charge on any atom is 0.293 e. The third kappa shape index (κ3) is 4.37. The summed E-state index contributed by atoms with van der Waals surface area (Å²) < 4.78 is 18.7. The first-order valence-electron chi connectivity index (χ1n) is 8.86. The van der Waals surface area contributed by atoms with E-state index in [-0.39, 0.29) is 22.2 Å². The lowest BCUT2D eigenvalue weighted by molar-refractivity contribution is -0.384. The van der Waals surface area contributed by atoms with Gasteiger partial charge in [0.2, 0.25) is 0 Å². The number of rotatable bonds is 5. The molecular weight excluding hydrogens is 447 g/mol. The van der Waals surface area contributed by atoms with Crippen LogP contribution in [-0.4, -0.2) is 21.0 Å². The van der Waals surface area contributed by atoms with E-state index in [1.54, 1.807) is 18.2 Å². The molecule has 1 aromatic heterocycles. The van der Waals surface area contributed by atoms with Gasteiger partial charge in [-0.25, -0.2) is 4.39 Å². The van der Waals surface area contributed by atoms with Crippen LogP contribution in [0.1, 0.15) is 11.3 Å². The van der Waals surface area contributed by atoms with Crippen molar-refractivity contribution in [2.75, 3.05) is 0 Å². The molecule has 1 saturated heterocycles. The Bertz CT molecular complexity index is 1240. The molecule has 1 aliphatic heterocycles. The molecule has 2 aromatic carbocycles. The van der Waals surface area contributed by atoms with Crippen molar-refractivity contribution in [1.29, 1.82) is 0 Å². The Morgan fingerprint density at radius 1 is 1.13 bits per heavy atom. The predicted octanol–water partition coefficient (Wildman–Crippen LogP) is 5.88. The van der Waals surface area contributed by atoms with E-state index in [1.165, 1.54) is 42.5 Å². The fourth-order valence-corrected chi connectivity index (χ4v) is 3.93. The van der Waals surface area contributed by atoms with E-state index in [2.05, 4.69) is 0 Å². The maximum atomic E-state index is 13.1. The van der Waals surface area contributed by atoms with Gasteiger partial charge in [0.15, 0.2) is 0 Å². The van der Waals surface area contributed by atoms with Gasteiger partial charge < -0.3 is 4.42 Å². The molecule has 7 nitrogen and oxygen atoms in total. The Labute approximate surface area is 184 Å². The maximum absolute atomic E-state index is 13.1. The lowest BCUT2D eigenvalue weighted by Crippen LogP contribution is -2.27. The van der Waals surface area contributed by atoms with Crippen molar-refractivity contribution < 1.29 is 23.3 Å². The third-order valence-corrected chi connectivity index (χ3v) is 5.68. The molecule has 0 saturated carbocycles. The van der Waals surface area contributed by atoms with Crippen LogP contribution in [0.15, 0.2) is 63.9 Å². The average molecular weight is 459 g/mol. The summed E-state index contributed by atoms with van der Waals surface area (Å²) in [5.41, 5.74) is 0.814. The quantitative estimate of drug-likeness (QED) is 0.269. The number of hydrogen-bond donors (Lipinski definition) is 0. The SMILES string of the molecule is O=C1S/C(=C/c2ccc(-c3ccc(Cl)c([N+](=O)[O-])c3)o2)C(=O)N1Cc1ccc(F)cc1. The summed E-state index contributed by atoms with van der Waals surface area (Å²) in [6.07, 6.45) is 1.43. The second-order valence-electron chi connectivity index (χ2n) is 6.52. The highest BCUT2D eigenvalue weighted by Crippen LogP contribution is 2.35. The first-order valence-corrected chi connectivity index (χ1v) is 10.1. The normalized spacial score (nSPS) is 15.2. The van der Waals surface area contributed by atoms with E-state index < -0.39 is 21.9 Å². The summed E-state index contributed by atoms with van der Waals surface area (Å²) in [6.45, 7) is 0.0279. The number of halogens is 2. The van der Waals surface area contributed by atoms with E-state index in [0.717, 1.165) is 16.7 Å². The van der Waals surface area contributed by atoms with Crippen LogP contribution >= 0.6 is 23.4 Å². The number of nitro groups is 1. The number of thioether (sulfide) groups is 1. The van der Waals surface area contributed by atoms with Crippen LogP contribution in [0.25, 0.3) is 17.4 Å². The molecule has 0 spiro atoms. The fraction of sp³-hybridized carbons (Fsp3) is 0.0476. The van der Waals surface area contributed by atoms with Gasteiger partial charge in [-0.1, -0.05) is 23.7 Å². The Morgan fingerprint density at radius 2 is 1.87 bits per heavy atom. The predicted molar refractivity (Wildman–Crippen MR) is 114 cm³/mol. The monoisotopic (exact) mass is 458 g/mol. The molecule has 0 atom stereocenters. The third-order valence-electron chi connectivity index (χ3n) is 4.46. The number of imide groups is 1. The minimum Gasteiger partial charge on any atom is -0.457 e. The summed E-state index contributed by atoms with van der Waals surface area (Å²) in [7, 11) is 0. The van der Waals surface area contributed by atoms with Crippen molar-refractivity contribution in [1.82, 2.24) is 4.90 Å². The van der Waals surface area contributed by atoms with Crippen molar-refractivity contribution in [3.05, 3.63) is 91.8 Å². The number of hydrogen-bond acceptors (Lipinski definition) is 6. The molecule has 1 aliphatic rings. The van der Waals surface area contributed by atoms with Gasteiger partial charge in [0.25, 0.3) is 16.8 Å². The van der Waals surface area contributed by atoms with Gasteiger partial charge in [0, 0.05) is 17.7 Å². The van der Waals surface area contributed by atoms with Gasteiger partial charge in [-0.3, -0.25) is 24.6 Å². The molecule has 0 bridgehead atoms. The minimum absolute atomic E-state index is 0.00959. The smallest absolute Gasteiger partial charge is 0.293 e. The summed E-state index contributed by atoms with van der Waals surface area (Å²) in [4.78, 5) is 36.6. The lowest BCUT2D eigenvalue weighted by Gasteiger charge is -2.12. The Morgan fingerprint density at radius 3 is 2.58 bits per heavy atom. The van der Waals surface area contributed by atoms with E-state index >= 15 is 0 Å². The van der Waals surface area contributed by atoms with Crippen LogP contribution in [0.5, 0.6) is 0 Å². The molecule has 0 unspecified atom stereocenters. The highest BCUT2D eigenvalue weighted by molar-refractivity contribution is 8.18. The minimum atomic E-state index is -0.590. The number of nitrogens with zero attached hydrogens (tertiary/aromatic N) is 2. The van der Waals surface area contributed by atoms with Crippen molar-refractivity contribution in [3.63, 3.8) is 0 Å². The molecule has 10 heteroatoms. The van der Waals surface area contributed by atoms with E-state index in [4.69, 9.17) is 16.0 Å². The highest BCUT2D eigenvalue weighted by Gasteiger charge is 2.35. The lowest BCUT2D eigenvalue weighted by atomic mass is 10.1. The highest BCUT2D eigenvalue weighted by atomic mass is 35.5. The van der Waals surface area contributed by atoms with Crippen molar-refractivity contribution >= 4 is 46.3 Å². The molecule has 4 rings (SSSR count). The van der Waals surface area contributed by atoms with Crippen molar-refractivity contribution in [3.8, 4) is 11.3 Å². The van der Waals surface area contributed by atoms with E-state index in [1.807, 2.05) is 0 Å². The number of nitro benzene ring substituents is 1. The molecule has 2 heterocycles. The first-order chi connectivity index (χ1) is 14.8. The van der Waals surface area contributed by atoms with E-state index in [9.17, 15) is 24.1 Å². The van der Waals surface area contributed by atoms with Crippen LogP contribution in [0.2, 0.25) is 5.02 Å². The van der Waals surface area contributed by atoms with Crippen LogP contribution < -0.4 is 0 Å². The summed E-state index contributed by atoms with van der Waals surface area (Å²) in [6, 6.07) is 13.0. The zero-order valence-electron chi connectivity index (χ0n) is 15.6. The standard InChI is InChI=1S/C21H12ClFN2O5S/c22-16-7-3-13(9-17(16)25(28)29)18-8-6-15(30-18)10-19-20(26)24(21(27)31-19)11-12-1-4-14(23)5-2-12/h1-10H,11H2/b19-10+. The van der Waals surface area contributed by atoms with Gasteiger partial charge in [-0.05, 0) is 53.7 Å². The molecule has 0 aliphatic carbocycles. The zero-order valence-corrected chi connectivity index (χ0v) is 17.2. The van der Waals surface area contributed by atoms with Gasteiger partial charge in [0.1, 0.15) is 22.4 Å². The molecule has 0 radical (unpaired) electrons. The zero-order chi connectivity index (χ0) is 22.1. The average Bonchev–Trinajstić information content (AvgIpc) is 3.30. The molecule has 0 N–H and O–H groups in total. The Balaban J connectivity index is 1.55. The summed E-state index contributed by atoms with van der Waals surface area (Å²) >= 11 is 6.60. The number of furan rings is 1. The number of carbonyl (C=O) groups excluding carboxylic acids is 2.